The lowest BCUT2D eigenvalue weighted by molar-refractivity contribution is 0.582. The number of fused-ring (bicyclic) bond motifs is 3. The molecule has 110 valence electrons. The van der Waals surface area contributed by atoms with Crippen LogP contribution in [0.1, 0.15) is 0 Å². The van der Waals surface area contributed by atoms with Crippen LogP contribution < -0.4 is 11.1 Å². The van der Waals surface area contributed by atoms with Gasteiger partial charge in [0, 0.05) is 31.2 Å². The number of hydrogen-bond donors (Lipinski definition) is 2. The van der Waals surface area contributed by atoms with Crippen LogP contribution in [0.2, 0.25) is 0 Å². The number of anilines is 2. The van der Waals surface area contributed by atoms with E-state index in [0.29, 0.717) is 0 Å². The second kappa shape index (κ2) is 4.49. The monoisotopic (exact) mass is 293 g/mol. The summed E-state index contributed by atoms with van der Waals surface area (Å²) in [5.74, 6) is 1.78. The zero-order valence-corrected chi connectivity index (χ0v) is 12.3. The summed E-state index contributed by atoms with van der Waals surface area (Å²) in [5.41, 5.74) is 8.68. The molecule has 3 aromatic heterocycles. The van der Waals surface area contributed by atoms with Crippen LogP contribution >= 0.6 is 0 Å². The summed E-state index contributed by atoms with van der Waals surface area (Å²) in [5, 5.41) is 5.13. The van der Waals surface area contributed by atoms with Gasteiger partial charge in [0.25, 0.3) is 0 Å². The van der Waals surface area contributed by atoms with Gasteiger partial charge in [-0.1, -0.05) is 0 Å². The molecule has 3 N–H and O–H groups in total. The van der Waals surface area contributed by atoms with Gasteiger partial charge in [0.05, 0.1) is 22.7 Å². The molecule has 0 atom stereocenters. The highest BCUT2D eigenvalue weighted by atomic mass is 16.3. The highest BCUT2D eigenvalue weighted by molar-refractivity contribution is 6.15. The van der Waals surface area contributed by atoms with E-state index in [0.717, 1.165) is 38.9 Å². The van der Waals surface area contributed by atoms with E-state index >= 15 is 0 Å². The van der Waals surface area contributed by atoms with Gasteiger partial charge in [0.2, 0.25) is 5.95 Å². The topological polar surface area (TPSA) is 81.9 Å². The van der Waals surface area contributed by atoms with Crippen molar-refractivity contribution in [3.8, 4) is 11.3 Å². The number of nitrogen functional groups attached to an aromatic ring is 1. The number of benzene rings is 1. The summed E-state index contributed by atoms with van der Waals surface area (Å²) in [6.07, 6.45) is 3.69. The summed E-state index contributed by atoms with van der Waals surface area (Å²) < 4.78 is 7.66. The van der Waals surface area contributed by atoms with Crippen LogP contribution in [0.4, 0.5) is 11.8 Å². The predicted molar refractivity (Wildman–Crippen MR) is 87.7 cm³/mol. The molecular weight excluding hydrogens is 278 g/mol. The van der Waals surface area contributed by atoms with E-state index in [1.165, 1.54) is 0 Å². The molecule has 0 fully saturated rings. The summed E-state index contributed by atoms with van der Waals surface area (Å²) in [7, 11) is 3.84. The lowest BCUT2D eigenvalue weighted by Crippen LogP contribution is -2.02. The quantitative estimate of drug-likeness (QED) is 0.593. The van der Waals surface area contributed by atoms with Crippen molar-refractivity contribution in [1.82, 2.24) is 14.5 Å². The number of nitrogens with one attached hydrogen (secondary N) is 1. The molecule has 0 aliphatic heterocycles. The maximum atomic E-state index is 5.83. The zero-order valence-electron chi connectivity index (χ0n) is 12.3. The van der Waals surface area contributed by atoms with Crippen LogP contribution in [0.5, 0.6) is 0 Å². The number of nitrogens with two attached hydrogens (primary N) is 1. The molecular formula is C16H15N5O. The molecule has 3 heterocycles. The van der Waals surface area contributed by atoms with Gasteiger partial charge < -0.3 is 20.0 Å². The van der Waals surface area contributed by atoms with E-state index in [-0.39, 0.29) is 5.95 Å². The fraction of sp³-hybridized carbons (Fsp3) is 0.125. The van der Waals surface area contributed by atoms with Gasteiger partial charge in [-0.3, -0.25) is 0 Å². The SMILES string of the molecule is CNc1nc(N)nc2cc(-c3ccco3)c3c(ccn3C)c12. The average Bonchev–Trinajstić information content (AvgIpc) is 3.15. The predicted octanol–water partition coefficient (Wildman–Crippen LogP) is 3.01. The fourth-order valence-electron chi connectivity index (χ4n) is 2.94. The van der Waals surface area contributed by atoms with Crippen LogP contribution in [0.15, 0.2) is 41.1 Å². The molecule has 0 radical (unpaired) electrons. The molecule has 6 nitrogen and oxygen atoms in total. The standard InChI is InChI=1S/C16H15N5O/c1-18-15-13-9-5-6-21(2)14(9)10(12-4-3-7-22-12)8-11(13)19-16(17)20-15/h3-8H,1-2H3,(H3,17,18,19,20). The summed E-state index contributed by atoms with van der Waals surface area (Å²) in [4.78, 5) is 8.68. The Morgan fingerprint density at radius 3 is 2.86 bits per heavy atom. The Balaban J connectivity index is 2.23. The molecule has 0 unspecified atom stereocenters. The molecule has 0 aliphatic rings. The van der Waals surface area contributed by atoms with Gasteiger partial charge >= 0.3 is 0 Å². The van der Waals surface area contributed by atoms with E-state index in [1.807, 2.05) is 38.5 Å². The lowest BCUT2D eigenvalue weighted by Gasteiger charge is -2.11. The van der Waals surface area contributed by atoms with Gasteiger partial charge in [-0.2, -0.15) is 4.98 Å². The normalized spacial score (nSPS) is 11.4. The number of furan rings is 1. The molecule has 0 amide bonds. The molecule has 22 heavy (non-hydrogen) atoms. The van der Waals surface area contributed by atoms with Crippen molar-refractivity contribution in [2.24, 2.45) is 7.05 Å². The summed E-state index contributed by atoms with van der Waals surface area (Å²) in [6, 6.07) is 7.87. The third-order valence-corrected chi connectivity index (χ3v) is 3.86. The molecule has 6 heteroatoms. The van der Waals surface area contributed by atoms with Crippen molar-refractivity contribution >= 4 is 33.6 Å². The zero-order chi connectivity index (χ0) is 15.3. The van der Waals surface area contributed by atoms with Gasteiger partial charge in [-0.05, 0) is 24.3 Å². The van der Waals surface area contributed by atoms with Crippen LogP contribution in [-0.4, -0.2) is 21.6 Å². The number of aromatic nitrogens is 3. The number of hydrogen-bond acceptors (Lipinski definition) is 5. The molecule has 0 aliphatic carbocycles. The molecule has 0 saturated carbocycles. The van der Waals surface area contributed by atoms with Gasteiger partial charge in [0.15, 0.2) is 0 Å². The van der Waals surface area contributed by atoms with E-state index in [2.05, 4.69) is 25.9 Å². The van der Waals surface area contributed by atoms with Crippen molar-refractivity contribution < 1.29 is 4.42 Å². The number of aryl methyl sites for hydroxylation is 1. The molecule has 4 rings (SSSR count). The smallest absolute Gasteiger partial charge is 0.222 e. The number of rotatable bonds is 2. The molecule has 0 spiro atoms. The Morgan fingerprint density at radius 2 is 2.14 bits per heavy atom. The van der Waals surface area contributed by atoms with Crippen molar-refractivity contribution in [3.05, 3.63) is 36.7 Å². The third kappa shape index (κ3) is 1.67. The first-order chi connectivity index (χ1) is 10.7. The second-order valence-electron chi connectivity index (χ2n) is 5.16. The summed E-state index contributed by atoms with van der Waals surface area (Å²) >= 11 is 0. The van der Waals surface area contributed by atoms with Crippen molar-refractivity contribution in [2.45, 2.75) is 0 Å². The maximum Gasteiger partial charge on any atom is 0.222 e. The second-order valence-corrected chi connectivity index (χ2v) is 5.16. The van der Waals surface area contributed by atoms with Crippen LogP contribution in [0.3, 0.4) is 0 Å². The number of nitrogens with zero attached hydrogens (tertiary/aromatic N) is 3. The molecule has 1 aromatic carbocycles. The minimum absolute atomic E-state index is 0.248. The third-order valence-electron chi connectivity index (χ3n) is 3.86. The van der Waals surface area contributed by atoms with Crippen LogP contribution in [0.25, 0.3) is 33.1 Å². The Bertz CT molecular complexity index is 985. The van der Waals surface area contributed by atoms with Gasteiger partial charge in [0.1, 0.15) is 11.6 Å². The first kappa shape index (κ1) is 12.7. The maximum absolute atomic E-state index is 5.83. The Labute approximate surface area is 126 Å². The minimum atomic E-state index is 0.248. The van der Waals surface area contributed by atoms with E-state index in [9.17, 15) is 0 Å². The van der Waals surface area contributed by atoms with Crippen molar-refractivity contribution in [1.29, 1.82) is 0 Å². The van der Waals surface area contributed by atoms with Gasteiger partial charge in [-0.15, -0.1) is 0 Å². The molecule has 0 saturated heterocycles. The average molecular weight is 293 g/mol. The van der Waals surface area contributed by atoms with Crippen molar-refractivity contribution in [2.75, 3.05) is 18.1 Å². The minimum Gasteiger partial charge on any atom is -0.464 e. The van der Waals surface area contributed by atoms with Crippen LogP contribution in [-0.2, 0) is 7.05 Å². The van der Waals surface area contributed by atoms with E-state index in [4.69, 9.17) is 10.2 Å². The van der Waals surface area contributed by atoms with E-state index in [1.54, 1.807) is 6.26 Å². The summed E-state index contributed by atoms with van der Waals surface area (Å²) in [6.45, 7) is 0. The molecule has 0 bridgehead atoms. The van der Waals surface area contributed by atoms with E-state index < -0.39 is 0 Å². The highest BCUT2D eigenvalue weighted by Gasteiger charge is 2.17. The fourth-order valence-corrected chi connectivity index (χ4v) is 2.94. The van der Waals surface area contributed by atoms with Gasteiger partial charge in [-0.25, -0.2) is 4.98 Å². The molecule has 4 aromatic rings. The Kier molecular flexibility index (Phi) is 2.59. The largest absolute Gasteiger partial charge is 0.464 e. The first-order valence-electron chi connectivity index (χ1n) is 6.96. The lowest BCUT2D eigenvalue weighted by atomic mass is 10.0. The van der Waals surface area contributed by atoms with Crippen molar-refractivity contribution in [3.63, 3.8) is 0 Å². The first-order valence-corrected chi connectivity index (χ1v) is 6.96. The highest BCUT2D eigenvalue weighted by Crippen LogP contribution is 2.37. The van der Waals surface area contributed by atoms with Crippen LogP contribution in [0, 0.1) is 0 Å². The Hall–Kier alpha value is -3.02. The Morgan fingerprint density at radius 1 is 1.27 bits per heavy atom.